The first-order chi connectivity index (χ1) is 12.4. The number of carbonyl (C=O) groups is 1. The zero-order valence-electron chi connectivity index (χ0n) is 16.0. The molecule has 0 atom stereocenters. The highest BCUT2D eigenvalue weighted by Gasteiger charge is 2.31. The minimum Gasteiger partial charge on any atom is -0.383 e. The lowest BCUT2D eigenvalue weighted by molar-refractivity contribution is -0.124. The number of benzene rings is 1. The number of ether oxygens (including phenoxy) is 1. The van der Waals surface area contributed by atoms with Crippen molar-refractivity contribution in [2.24, 2.45) is 5.92 Å². The topological polar surface area (TPSA) is 55.3 Å². The lowest BCUT2D eigenvalue weighted by atomic mass is 9.84. The Balaban J connectivity index is 1.80. The largest absolute Gasteiger partial charge is 0.383 e. The molecule has 6 heteroatoms. The first-order valence-corrected chi connectivity index (χ1v) is 9.96. The van der Waals surface area contributed by atoms with Crippen molar-refractivity contribution < 1.29 is 9.53 Å². The van der Waals surface area contributed by atoms with E-state index in [4.69, 9.17) is 4.74 Å². The van der Waals surface area contributed by atoms with Gasteiger partial charge in [0.25, 0.3) is 0 Å². The summed E-state index contributed by atoms with van der Waals surface area (Å²) in [6.07, 6.45) is 3.08. The molecule has 0 saturated heterocycles. The lowest BCUT2D eigenvalue weighted by Crippen LogP contribution is -2.40. The van der Waals surface area contributed by atoms with Gasteiger partial charge in [0.05, 0.1) is 13.2 Å². The fourth-order valence-corrected chi connectivity index (χ4v) is 3.79. The van der Waals surface area contributed by atoms with E-state index in [0.717, 1.165) is 29.8 Å². The third-order valence-electron chi connectivity index (χ3n) is 4.88. The smallest absolute Gasteiger partial charge is 0.232 e. The fraction of sp³-hybridized carbons (Fsp3) is 0.550. The number of aromatic nitrogens is 2. The fourth-order valence-electron chi connectivity index (χ4n) is 2.91. The Morgan fingerprint density at radius 2 is 1.92 bits per heavy atom. The second kappa shape index (κ2) is 7.84. The van der Waals surface area contributed by atoms with E-state index in [1.165, 1.54) is 16.9 Å². The molecule has 0 N–H and O–H groups in total. The molecule has 1 aromatic carbocycles. The molecule has 1 heterocycles. The molecule has 1 aliphatic rings. The molecule has 3 rings (SSSR count). The van der Waals surface area contributed by atoms with Crippen LogP contribution in [0.4, 0.5) is 5.13 Å². The first-order valence-electron chi connectivity index (χ1n) is 9.15. The SMILES string of the molecule is COCCN(C(=O)C1CCC1)c1nnc(-c2ccc(C(C)(C)C)cc2)s1. The summed E-state index contributed by atoms with van der Waals surface area (Å²) in [5.74, 6) is 0.282. The summed E-state index contributed by atoms with van der Waals surface area (Å²) in [4.78, 5) is 14.5. The predicted molar refractivity (Wildman–Crippen MR) is 106 cm³/mol. The molecule has 1 aromatic heterocycles. The molecule has 2 aromatic rings. The minimum atomic E-state index is 0.122. The molecule has 26 heavy (non-hydrogen) atoms. The minimum absolute atomic E-state index is 0.122. The zero-order chi connectivity index (χ0) is 18.7. The molecule has 1 saturated carbocycles. The van der Waals surface area contributed by atoms with Crippen molar-refractivity contribution in [2.45, 2.75) is 45.4 Å². The van der Waals surface area contributed by atoms with Crippen LogP contribution >= 0.6 is 11.3 Å². The summed E-state index contributed by atoms with van der Waals surface area (Å²) in [6, 6.07) is 8.44. The average molecular weight is 374 g/mol. The highest BCUT2D eigenvalue weighted by atomic mass is 32.1. The molecule has 0 bridgehead atoms. The molecule has 1 fully saturated rings. The lowest BCUT2D eigenvalue weighted by Gasteiger charge is -2.29. The van der Waals surface area contributed by atoms with Gasteiger partial charge in [-0.1, -0.05) is 62.8 Å². The van der Waals surface area contributed by atoms with Crippen LogP contribution in [0.1, 0.15) is 45.6 Å². The second-order valence-electron chi connectivity index (χ2n) is 7.83. The van der Waals surface area contributed by atoms with Crippen molar-refractivity contribution in [3.8, 4) is 10.6 Å². The van der Waals surface area contributed by atoms with Crippen LogP contribution in [0.25, 0.3) is 10.6 Å². The van der Waals surface area contributed by atoms with E-state index in [-0.39, 0.29) is 17.2 Å². The Kier molecular flexibility index (Phi) is 5.73. The van der Waals surface area contributed by atoms with Gasteiger partial charge in [0.15, 0.2) is 0 Å². The summed E-state index contributed by atoms with van der Waals surface area (Å²) >= 11 is 1.47. The van der Waals surface area contributed by atoms with Crippen LogP contribution < -0.4 is 4.90 Å². The number of hydrogen-bond donors (Lipinski definition) is 0. The molecule has 5 nitrogen and oxygen atoms in total. The van der Waals surface area contributed by atoms with E-state index >= 15 is 0 Å². The summed E-state index contributed by atoms with van der Waals surface area (Å²) in [5.41, 5.74) is 2.44. The molecule has 0 aliphatic heterocycles. The van der Waals surface area contributed by atoms with Gasteiger partial charge >= 0.3 is 0 Å². The van der Waals surface area contributed by atoms with Gasteiger partial charge in [-0.15, -0.1) is 10.2 Å². The van der Waals surface area contributed by atoms with Gasteiger partial charge in [0.2, 0.25) is 11.0 Å². The van der Waals surface area contributed by atoms with Gasteiger partial charge in [-0.05, 0) is 23.8 Å². The standard InChI is InChI=1S/C20H27N3O2S/c1-20(2,3)16-10-8-14(9-11-16)17-21-22-19(26-17)23(12-13-25-4)18(24)15-6-5-7-15/h8-11,15H,5-7,12-13H2,1-4H3. The third kappa shape index (κ3) is 4.13. The van der Waals surface area contributed by atoms with Crippen LogP contribution in [0.5, 0.6) is 0 Å². The number of nitrogens with zero attached hydrogens (tertiary/aromatic N) is 3. The van der Waals surface area contributed by atoms with E-state index in [0.29, 0.717) is 18.3 Å². The summed E-state index contributed by atoms with van der Waals surface area (Å²) in [5, 5.41) is 10.1. The molecular weight excluding hydrogens is 346 g/mol. The molecular formula is C20H27N3O2S. The van der Waals surface area contributed by atoms with E-state index < -0.39 is 0 Å². The van der Waals surface area contributed by atoms with Crippen molar-refractivity contribution in [2.75, 3.05) is 25.2 Å². The molecule has 0 radical (unpaired) electrons. The Morgan fingerprint density at radius 1 is 1.23 bits per heavy atom. The van der Waals surface area contributed by atoms with Crippen LogP contribution in [0.15, 0.2) is 24.3 Å². The van der Waals surface area contributed by atoms with Crippen molar-refractivity contribution in [3.05, 3.63) is 29.8 Å². The van der Waals surface area contributed by atoms with Crippen molar-refractivity contribution in [3.63, 3.8) is 0 Å². The van der Waals surface area contributed by atoms with E-state index in [1.807, 2.05) is 0 Å². The normalized spacial score (nSPS) is 14.9. The van der Waals surface area contributed by atoms with Gasteiger partial charge in [-0.25, -0.2) is 0 Å². The Hall–Kier alpha value is -1.79. The summed E-state index contributed by atoms with van der Waals surface area (Å²) in [7, 11) is 1.65. The Morgan fingerprint density at radius 3 is 2.46 bits per heavy atom. The maximum atomic E-state index is 12.7. The van der Waals surface area contributed by atoms with Gasteiger partial charge in [0.1, 0.15) is 5.01 Å². The molecule has 140 valence electrons. The number of carbonyl (C=O) groups excluding carboxylic acids is 1. The van der Waals surface area contributed by atoms with Crippen molar-refractivity contribution in [1.82, 2.24) is 10.2 Å². The highest BCUT2D eigenvalue weighted by Crippen LogP contribution is 2.34. The maximum Gasteiger partial charge on any atom is 0.232 e. The second-order valence-corrected chi connectivity index (χ2v) is 8.78. The molecule has 0 unspecified atom stereocenters. The first kappa shape index (κ1) is 19.0. The van der Waals surface area contributed by atoms with Crippen molar-refractivity contribution >= 4 is 22.4 Å². The van der Waals surface area contributed by atoms with Crippen molar-refractivity contribution in [1.29, 1.82) is 0 Å². The molecule has 0 spiro atoms. The van der Waals surface area contributed by atoms with Gasteiger partial charge < -0.3 is 4.74 Å². The highest BCUT2D eigenvalue weighted by molar-refractivity contribution is 7.18. The monoisotopic (exact) mass is 373 g/mol. The maximum absolute atomic E-state index is 12.7. The summed E-state index contributed by atoms with van der Waals surface area (Å²) in [6.45, 7) is 7.61. The van der Waals surface area contributed by atoms with E-state index in [1.54, 1.807) is 12.0 Å². The number of amides is 1. The Bertz CT molecular complexity index is 745. The molecule has 1 amide bonds. The van der Waals surface area contributed by atoms with Gasteiger partial charge in [-0.3, -0.25) is 9.69 Å². The zero-order valence-corrected chi connectivity index (χ0v) is 16.8. The number of hydrogen-bond acceptors (Lipinski definition) is 5. The van der Waals surface area contributed by atoms with Crippen LogP contribution in [-0.4, -0.2) is 36.4 Å². The van der Waals surface area contributed by atoms with E-state index in [2.05, 4.69) is 55.2 Å². The Labute approximate surface area is 159 Å². The number of anilines is 1. The summed E-state index contributed by atoms with van der Waals surface area (Å²) < 4.78 is 5.17. The average Bonchev–Trinajstić information content (AvgIpc) is 3.03. The van der Waals surface area contributed by atoms with Crippen LogP contribution in [0.2, 0.25) is 0 Å². The predicted octanol–water partition coefficient (Wildman–Crippen LogP) is 4.28. The van der Waals surface area contributed by atoms with Crippen LogP contribution in [0.3, 0.4) is 0 Å². The quantitative estimate of drug-likeness (QED) is 0.758. The van der Waals surface area contributed by atoms with E-state index in [9.17, 15) is 4.79 Å². The molecule has 1 aliphatic carbocycles. The van der Waals surface area contributed by atoms with Gasteiger partial charge in [-0.2, -0.15) is 0 Å². The van der Waals surface area contributed by atoms with Crippen LogP contribution in [0, 0.1) is 5.92 Å². The number of rotatable bonds is 6. The third-order valence-corrected chi connectivity index (χ3v) is 5.88. The van der Waals surface area contributed by atoms with Gasteiger partial charge in [0, 0.05) is 18.6 Å². The van der Waals surface area contributed by atoms with Crippen LogP contribution in [-0.2, 0) is 14.9 Å². The number of methoxy groups -OCH3 is 1.